The van der Waals surface area contributed by atoms with Crippen LogP contribution in [-0.4, -0.2) is 54.6 Å². The van der Waals surface area contributed by atoms with Gasteiger partial charge in [0.05, 0.1) is 12.0 Å². The number of nitrogens with zero attached hydrogens (tertiary/aromatic N) is 5. The van der Waals surface area contributed by atoms with E-state index in [2.05, 4.69) is 72.4 Å². The largest absolute Gasteiger partial charge is 0.383 e. The zero-order chi connectivity index (χ0) is 24.9. The van der Waals surface area contributed by atoms with Gasteiger partial charge in [-0.1, -0.05) is 45.0 Å². The molecule has 1 aliphatic rings. The van der Waals surface area contributed by atoms with Crippen LogP contribution in [0.25, 0.3) is 0 Å². The summed E-state index contributed by atoms with van der Waals surface area (Å²) in [7, 11) is 3.78. The van der Waals surface area contributed by atoms with Crippen LogP contribution < -0.4 is 10.4 Å². The quantitative estimate of drug-likeness (QED) is 0.539. The molecule has 0 atom stereocenters. The maximum absolute atomic E-state index is 13.5. The zero-order valence-corrected chi connectivity index (χ0v) is 21.2. The highest BCUT2D eigenvalue weighted by molar-refractivity contribution is 5.92. The van der Waals surface area contributed by atoms with Crippen LogP contribution in [0, 0.1) is 23.7 Å². The van der Waals surface area contributed by atoms with Gasteiger partial charge in [-0.05, 0) is 43.4 Å². The number of carbonyl (C=O) groups is 1. The van der Waals surface area contributed by atoms with E-state index in [0.29, 0.717) is 24.7 Å². The molecule has 0 unspecified atom stereocenters. The van der Waals surface area contributed by atoms with Gasteiger partial charge in [0.1, 0.15) is 6.07 Å². The van der Waals surface area contributed by atoms with Gasteiger partial charge in [-0.25, -0.2) is 4.98 Å². The molecule has 182 valence electrons. The van der Waals surface area contributed by atoms with Gasteiger partial charge in [0.2, 0.25) is 11.7 Å². The molecule has 1 aliphatic carbocycles. The first-order valence-corrected chi connectivity index (χ1v) is 11.7. The molecule has 1 fully saturated rings. The fourth-order valence-corrected chi connectivity index (χ4v) is 3.96. The monoisotopic (exact) mass is 464 g/mol. The number of likely N-dealkylation sites (N-methyl/N-ethyl adjacent to an activating group) is 1. The maximum Gasteiger partial charge on any atom is 0.249 e. The van der Waals surface area contributed by atoms with Crippen LogP contribution in [0.4, 0.5) is 5.82 Å². The molecule has 1 heterocycles. The summed E-state index contributed by atoms with van der Waals surface area (Å²) in [5, 5.41) is 11.1. The fraction of sp³-hybridized carbons (Fsp3) is 0.538. The average molecular weight is 465 g/mol. The van der Waals surface area contributed by atoms with E-state index in [1.165, 1.54) is 5.56 Å². The van der Waals surface area contributed by atoms with Crippen molar-refractivity contribution in [1.29, 1.82) is 5.26 Å². The first-order valence-electron chi connectivity index (χ1n) is 11.7. The van der Waals surface area contributed by atoms with Crippen LogP contribution in [-0.2, 0) is 21.5 Å². The molecule has 0 radical (unpaired) electrons. The Morgan fingerprint density at radius 1 is 1.24 bits per heavy atom. The lowest BCUT2D eigenvalue weighted by molar-refractivity contribution is -0.123. The number of rotatable bonds is 10. The summed E-state index contributed by atoms with van der Waals surface area (Å²) in [5.74, 6) is 0.574. The Kier molecular flexibility index (Phi) is 7.90. The van der Waals surface area contributed by atoms with Gasteiger partial charge in [-0.15, -0.1) is 0 Å². The number of hydrogen-bond donors (Lipinski definition) is 1. The predicted octanol–water partition coefficient (Wildman–Crippen LogP) is 3.35. The zero-order valence-electron chi connectivity index (χ0n) is 21.2. The third-order valence-corrected chi connectivity index (χ3v) is 5.91. The molecule has 0 bridgehead atoms. The van der Waals surface area contributed by atoms with Gasteiger partial charge in [-0.3, -0.25) is 20.1 Å². The SMILES string of the molecule is COCCN(C)Cc1ccc(C2(C(=O)NN(CC(C)(C)C)c3cc(C)nc(C#N)n3)CC2)cc1. The Morgan fingerprint density at radius 3 is 2.47 bits per heavy atom. The fourth-order valence-electron chi connectivity index (χ4n) is 3.96. The molecular formula is C26H36N6O2. The maximum atomic E-state index is 13.5. The molecule has 8 nitrogen and oxygen atoms in total. The van der Waals surface area contributed by atoms with Crippen LogP contribution >= 0.6 is 0 Å². The van der Waals surface area contributed by atoms with Gasteiger partial charge in [0.25, 0.3) is 0 Å². The number of nitriles is 1. The molecule has 0 saturated heterocycles. The van der Waals surface area contributed by atoms with Crippen molar-refractivity contribution >= 4 is 11.7 Å². The van der Waals surface area contributed by atoms with E-state index >= 15 is 0 Å². The molecule has 0 spiro atoms. The molecule has 1 amide bonds. The topological polar surface area (TPSA) is 94.4 Å². The van der Waals surface area contributed by atoms with Crippen molar-refractivity contribution in [2.75, 3.05) is 38.9 Å². The number of methoxy groups -OCH3 is 1. The minimum Gasteiger partial charge on any atom is -0.383 e. The van der Waals surface area contributed by atoms with Crippen molar-refractivity contribution < 1.29 is 9.53 Å². The van der Waals surface area contributed by atoms with Gasteiger partial charge in [-0.2, -0.15) is 10.2 Å². The lowest BCUT2D eigenvalue weighted by Crippen LogP contribution is -2.50. The highest BCUT2D eigenvalue weighted by Crippen LogP contribution is 2.48. The highest BCUT2D eigenvalue weighted by Gasteiger charge is 2.52. The van der Waals surface area contributed by atoms with Crippen molar-refractivity contribution in [3.05, 3.63) is 53.0 Å². The number of benzene rings is 1. The summed E-state index contributed by atoms with van der Waals surface area (Å²) in [4.78, 5) is 24.2. The van der Waals surface area contributed by atoms with Gasteiger partial charge in [0, 0.05) is 38.5 Å². The second-order valence-corrected chi connectivity index (χ2v) is 10.4. The van der Waals surface area contributed by atoms with Gasteiger partial charge < -0.3 is 4.74 Å². The normalized spacial score (nSPS) is 14.5. The average Bonchev–Trinajstić information content (AvgIpc) is 3.58. The summed E-state index contributed by atoms with van der Waals surface area (Å²) in [6, 6.07) is 12.1. The summed E-state index contributed by atoms with van der Waals surface area (Å²) >= 11 is 0. The first kappa shape index (κ1) is 25.6. The third kappa shape index (κ3) is 6.52. The van der Waals surface area contributed by atoms with Crippen LogP contribution in [0.15, 0.2) is 30.3 Å². The van der Waals surface area contributed by atoms with Crippen molar-refractivity contribution in [2.45, 2.75) is 52.5 Å². The van der Waals surface area contributed by atoms with Crippen LogP contribution in [0.2, 0.25) is 0 Å². The smallest absolute Gasteiger partial charge is 0.249 e. The van der Waals surface area contributed by atoms with Crippen molar-refractivity contribution in [1.82, 2.24) is 20.3 Å². The number of ether oxygens (including phenoxy) is 1. The Bertz CT molecular complexity index is 1030. The highest BCUT2D eigenvalue weighted by atomic mass is 16.5. The number of hydrazine groups is 1. The number of aromatic nitrogens is 2. The van der Waals surface area contributed by atoms with Crippen molar-refractivity contribution in [3.8, 4) is 6.07 Å². The Hall–Kier alpha value is -3.02. The number of carbonyl (C=O) groups excluding carboxylic acids is 1. The Balaban J connectivity index is 1.77. The van der Waals surface area contributed by atoms with E-state index in [1.54, 1.807) is 18.2 Å². The van der Waals surface area contributed by atoms with E-state index < -0.39 is 5.41 Å². The first-order chi connectivity index (χ1) is 16.1. The van der Waals surface area contributed by atoms with Crippen LogP contribution in [0.1, 0.15) is 56.3 Å². The van der Waals surface area contributed by atoms with Crippen molar-refractivity contribution in [2.24, 2.45) is 5.41 Å². The minimum absolute atomic E-state index is 0.0449. The molecular weight excluding hydrogens is 428 g/mol. The minimum atomic E-state index is -0.531. The summed E-state index contributed by atoms with van der Waals surface area (Å²) < 4.78 is 5.15. The molecule has 0 aliphatic heterocycles. The molecule has 1 aromatic heterocycles. The number of hydrogen-bond acceptors (Lipinski definition) is 7. The van der Waals surface area contributed by atoms with Crippen LogP contribution in [0.3, 0.4) is 0 Å². The molecule has 1 saturated carbocycles. The lowest BCUT2D eigenvalue weighted by atomic mass is 9.94. The number of amides is 1. The molecule has 2 aromatic rings. The van der Waals surface area contributed by atoms with Gasteiger partial charge >= 0.3 is 0 Å². The number of nitrogens with one attached hydrogen (secondary N) is 1. The molecule has 8 heteroatoms. The molecule has 1 N–H and O–H groups in total. The van der Waals surface area contributed by atoms with Crippen molar-refractivity contribution in [3.63, 3.8) is 0 Å². The summed E-state index contributed by atoms with van der Waals surface area (Å²) in [6.07, 6.45) is 1.61. The summed E-state index contributed by atoms with van der Waals surface area (Å²) in [5.41, 5.74) is 5.39. The molecule has 34 heavy (non-hydrogen) atoms. The summed E-state index contributed by atoms with van der Waals surface area (Å²) in [6.45, 7) is 11.1. The van der Waals surface area contributed by atoms with Gasteiger partial charge in [0.15, 0.2) is 5.82 Å². The second-order valence-electron chi connectivity index (χ2n) is 10.4. The Labute approximate surface area is 202 Å². The predicted molar refractivity (Wildman–Crippen MR) is 132 cm³/mol. The van der Waals surface area contributed by atoms with Crippen LogP contribution in [0.5, 0.6) is 0 Å². The lowest BCUT2D eigenvalue weighted by Gasteiger charge is -2.32. The molecule has 3 rings (SSSR count). The Morgan fingerprint density at radius 2 is 1.91 bits per heavy atom. The van der Waals surface area contributed by atoms with E-state index in [0.717, 1.165) is 31.5 Å². The molecule has 1 aromatic carbocycles. The number of anilines is 1. The number of aryl methyl sites for hydroxylation is 1. The van der Waals surface area contributed by atoms with E-state index in [4.69, 9.17) is 4.74 Å². The van der Waals surface area contributed by atoms with E-state index in [9.17, 15) is 10.1 Å². The van der Waals surface area contributed by atoms with E-state index in [1.807, 2.05) is 13.0 Å². The van der Waals surface area contributed by atoms with E-state index in [-0.39, 0.29) is 17.1 Å². The second kappa shape index (κ2) is 10.5. The standard InChI is InChI=1S/C26H36N6O2/c1-19-15-23(29-22(16-27)28-19)32(18-25(2,3)4)30-24(33)26(11-12-26)21-9-7-20(8-10-21)17-31(5)13-14-34-6/h7-10,15H,11-14,17-18H2,1-6H3,(H,30,33). The third-order valence-electron chi connectivity index (χ3n) is 5.91.